The second-order valence-corrected chi connectivity index (χ2v) is 8.50. The number of carbonyl (C=O) groups is 2. The van der Waals surface area contributed by atoms with Gasteiger partial charge in [0.2, 0.25) is 0 Å². The Morgan fingerprint density at radius 1 is 0.765 bits per heavy atom. The SMILES string of the molecule is CC/C=C/C(=O)NC(=O)N([C@H](C)c1cccc2ccccc12)[C@H](C)c1cccc2ccccc12. The minimum Gasteiger partial charge on any atom is -0.311 e. The Balaban J connectivity index is 1.80. The highest BCUT2D eigenvalue weighted by Crippen LogP contribution is 2.36. The first-order chi connectivity index (χ1) is 16.5. The largest absolute Gasteiger partial charge is 0.325 e. The Hall–Kier alpha value is -3.92. The van der Waals surface area contributed by atoms with Gasteiger partial charge in [0.1, 0.15) is 0 Å². The molecule has 172 valence electrons. The van der Waals surface area contributed by atoms with Crippen LogP contribution >= 0.6 is 0 Å². The molecule has 0 saturated heterocycles. The van der Waals surface area contributed by atoms with Crippen LogP contribution in [0.1, 0.15) is 50.4 Å². The van der Waals surface area contributed by atoms with Crippen LogP contribution in [0.25, 0.3) is 21.5 Å². The molecule has 1 N–H and O–H groups in total. The third-order valence-corrected chi connectivity index (χ3v) is 6.35. The van der Waals surface area contributed by atoms with Gasteiger partial charge < -0.3 is 4.90 Å². The lowest BCUT2D eigenvalue weighted by molar-refractivity contribution is -0.115. The lowest BCUT2D eigenvalue weighted by Crippen LogP contribution is -2.44. The summed E-state index contributed by atoms with van der Waals surface area (Å²) >= 11 is 0. The fourth-order valence-electron chi connectivity index (χ4n) is 4.65. The summed E-state index contributed by atoms with van der Waals surface area (Å²) in [5, 5.41) is 7.00. The summed E-state index contributed by atoms with van der Waals surface area (Å²) in [5.74, 6) is -0.410. The maximum atomic E-state index is 13.6. The third kappa shape index (κ3) is 4.72. The zero-order valence-corrected chi connectivity index (χ0v) is 19.9. The minimum absolute atomic E-state index is 0.275. The molecule has 0 bridgehead atoms. The maximum absolute atomic E-state index is 13.6. The number of hydrogen-bond donors (Lipinski definition) is 1. The first kappa shape index (κ1) is 23.2. The molecule has 4 rings (SSSR count). The molecule has 4 nitrogen and oxygen atoms in total. The van der Waals surface area contributed by atoms with Gasteiger partial charge in [0.25, 0.3) is 5.91 Å². The van der Waals surface area contributed by atoms with Crippen molar-refractivity contribution in [1.82, 2.24) is 10.2 Å². The first-order valence-corrected chi connectivity index (χ1v) is 11.8. The van der Waals surface area contributed by atoms with Crippen molar-refractivity contribution in [3.63, 3.8) is 0 Å². The van der Waals surface area contributed by atoms with Crippen molar-refractivity contribution in [2.75, 3.05) is 0 Å². The van der Waals surface area contributed by atoms with Crippen molar-refractivity contribution in [3.8, 4) is 0 Å². The molecular weight excluding hydrogens is 420 g/mol. The van der Waals surface area contributed by atoms with Gasteiger partial charge >= 0.3 is 6.03 Å². The van der Waals surface area contributed by atoms with Crippen LogP contribution in [-0.2, 0) is 4.79 Å². The van der Waals surface area contributed by atoms with Crippen LogP contribution in [0.4, 0.5) is 4.79 Å². The quantitative estimate of drug-likeness (QED) is 0.313. The predicted molar refractivity (Wildman–Crippen MR) is 140 cm³/mol. The van der Waals surface area contributed by atoms with Crippen LogP contribution in [0.3, 0.4) is 0 Å². The van der Waals surface area contributed by atoms with Gasteiger partial charge in [0.15, 0.2) is 0 Å². The molecule has 2 atom stereocenters. The monoisotopic (exact) mass is 450 g/mol. The lowest BCUT2D eigenvalue weighted by Gasteiger charge is -2.36. The molecule has 0 heterocycles. The van der Waals surface area contributed by atoms with E-state index >= 15 is 0 Å². The minimum atomic E-state index is -0.411. The zero-order valence-electron chi connectivity index (χ0n) is 19.9. The number of hydrogen-bond acceptors (Lipinski definition) is 2. The molecule has 0 aromatic heterocycles. The number of allylic oxidation sites excluding steroid dienone is 1. The molecule has 3 amide bonds. The summed E-state index contributed by atoms with van der Waals surface area (Å²) in [4.78, 5) is 27.8. The van der Waals surface area contributed by atoms with Crippen molar-refractivity contribution in [1.29, 1.82) is 0 Å². The Kier molecular flexibility index (Phi) is 7.07. The van der Waals surface area contributed by atoms with E-state index in [4.69, 9.17) is 0 Å². The van der Waals surface area contributed by atoms with Crippen molar-refractivity contribution in [3.05, 3.63) is 108 Å². The highest BCUT2D eigenvalue weighted by atomic mass is 16.2. The van der Waals surface area contributed by atoms with Crippen LogP contribution in [0.2, 0.25) is 0 Å². The average Bonchev–Trinajstić information content (AvgIpc) is 2.86. The number of rotatable bonds is 6. The maximum Gasteiger partial charge on any atom is 0.325 e. The van der Waals surface area contributed by atoms with Crippen molar-refractivity contribution >= 4 is 33.5 Å². The molecule has 4 heteroatoms. The number of carbonyl (C=O) groups excluding carboxylic acids is 2. The van der Waals surface area contributed by atoms with Crippen molar-refractivity contribution in [2.45, 2.75) is 39.3 Å². The summed E-state index contributed by atoms with van der Waals surface area (Å²) in [7, 11) is 0. The fourth-order valence-corrected chi connectivity index (χ4v) is 4.65. The van der Waals surface area contributed by atoms with E-state index in [0.717, 1.165) is 39.1 Å². The molecule has 4 aromatic rings. The summed E-state index contributed by atoms with van der Waals surface area (Å²) in [5.41, 5.74) is 2.08. The van der Waals surface area contributed by atoms with Gasteiger partial charge in [0.05, 0.1) is 12.1 Å². The molecular formula is C30H30N2O2. The standard InChI is InChI=1S/C30H30N2O2/c1-4-5-20-29(33)31-30(34)32(21(2)25-18-10-14-23-12-6-8-16-27(23)25)22(3)26-19-11-15-24-13-7-9-17-28(24)26/h5-22H,4H2,1-3H3,(H,31,33,34)/b20-5+/t21-,22-/m1/s1. The van der Waals surface area contributed by atoms with Gasteiger partial charge in [-0.3, -0.25) is 10.1 Å². The Labute approximate surface area is 200 Å². The third-order valence-electron chi connectivity index (χ3n) is 6.35. The van der Waals surface area contributed by atoms with E-state index in [1.807, 2.05) is 57.2 Å². The molecule has 34 heavy (non-hydrogen) atoms. The van der Waals surface area contributed by atoms with E-state index in [-0.39, 0.29) is 12.1 Å². The summed E-state index contributed by atoms with van der Waals surface area (Å²) in [6.45, 7) is 5.99. The van der Waals surface area contributed by atoms with Crippen LogP contribution < -0.4 is 5.32 Å². The van der Waals surface area contributed by atoms with E-state index in [2.05, 4.69) is 53.8 Å². The molecule has 0 spiro atoms. The van der Waals surface area contributed by atoms with Gasteiger partial charge in [-0.1, -0.05) is 97.9 Å². The summed E-state index contributed by atoms with van der Waals surface area (Å²) in [6.07, 6.45) is 3.89. The molecule has 4 aromatic carbocycles. The summed E-state index contributed by atoms with van der Waals surface area (Å²) in [6, 6.07) is 27.7. The number of urea groups is 1. The summed E-state index contributed by atoms with van der Waals surface area (Å²) < 4.78 is 0. The van der Waals surface area contributed by atoms with Gasteiger partial charge in [-0.2, -0.15) is 0 Å². The highest BCUT2D eigenvalue weighted by Gasteiger charge is 2.30. The molecule has 0 aliphatic heterocycles. The zero-order chi connectivity index (χ0) is 24.1. The van der Waals surface area contributed by atoms with Crippen LogP contribution in [-0.4, -0.2) is 16.8 Å². The number of nitrogens with one attached hydrogen (secondary N) is 1. The fraction of sp³-hybridized carbons (Fsp3) is 0.200. The van der Waals surface area contributed by atoms with E-state index in [9.17, 15) is 9.59 Å². The molecule has 0 saturated carbocycles. The van der Waals surface area contributed by atoms with Crippen LogP contribution in [0, 0.1) is 0 Å². The first-order valence-electron chi connectivity index (χ1n) is 11.8. The molecule has 0 fully saturated rings. The Bertz CT molecular complexity index is 1260. The van der Waals surface area contributed by atoms with Crippen LogP contribution in [0.5, 0.6) is 0 Å². The van der Waals surface area contributed by atoms with E-state index in [0.29, 0.717) is 0 Å². The number of fused-ring (bicyclic) bond motifs is 2. The number of amides is 3. The Morgan fingerprint density at radius 2 is 1.24 bits per heavy atom. The lowest BCUT2D eigenvalue weighted by atomic mass is 9.94. The average molecular weight is 451 g/mol. The van der Waals surface area contributed by atoms with Crippen LogP contribution in [0.15, 0.2) is 97.1 Å². The van der Waals surface area contributed by atoms with E-state index < -0.39 is 11.9 Å². The van der Waals surface area contributed by atoms with Crippen molar-refractivity contribution in [2.24, 2.45) is 0 Å². The molecule has 0 radical (unpaired) electrons. The topological polar surface area (TPSA) is 49.4 Å². The van der Waals surface area contributed by atoms with E-state index in [1.54, 1.807) is 11.0 Å². The molecule has 0 aliphatic rings. The normalized spacial score (nSPS) is 13.1. The van der Waals surface area contributed by atoms with Gasteiger partial charge in [-0.25, -0.2) is 4.79 Å². The molecule has 0 aliphatic carbocycles. The smallest absolute Gasteiger partial charge is 0.311 e. The molecule has 0 unspecified atom stereocenters. The highest BCUT2D eigenvalue weighted by molar-refractivity contribution is 6.00. The van der Waals surface area contributed by atoms with Crippen molar-refractivity contribution < 1.29 is 9.59 Å². The number of benzene rings is 4. The predicted octanol–water partition coefficient (Wildman–Crippen LogP) is 7.32. The number of imide groups is 1. The van der Waals surface area contributed by atoms with Gasteiger partial charge in [0, 0.05) is 0 Å². The second kappa shape index (κ2) is 10.3. The van der Waals surface area contributed by atoms with Gasteiger partial charge in [-0.05, 0) is 59.0 Å². The van der Waals surface area contributed by atoms with E-state index in [1.165, 1.54) is 6.08 Å². The number of nitrogens with zero attached hydrogens (tertiary/aromatic N) is 1. The Morgan fingerprint density at radius 3 is 1.74 bits per heavy atom. The van der Waals surface area contributed by atoms with Gasteiger partial charge in [-0.15, -0.1) is 0 Å². The second-order valence-electron chi connectivity index (χ2n) is 8.50.